The minimum atomic E-state index is 0.601. The van der Waals surface area contributed by atoms with Gasteiger partial charge >= 0.3 is 0 Å². The van der Waals surface area contributed by atoms with Crippen molar-refractivity contribution in [3.8, 4) is 11.1 Å². The molecule has 0 saturated heterocycles. The molecule has 15 heavy (non-hydrogen) atoms. The topological polar surface area (TPSA) is 26.0 Å². The molecule has 0 atom stereocenters. The summed E-state index contributed by atoms with van der Waals surface area (Å²) in [6, 6.07) is 8.24. The SMILES string of the molecule is Cc1ccc(-c2csc(CN)c2)cc1Cl. The second-order valence-electron chi connectivity index (χ2n) is 3.47. The van der Waals surface area contributed by atoms with Crippen LogP contribution < -0.4 is 5.73 Å². The van der Waals surface area contributed by atoms with E-state index in [0.717, 1.165) is 16.1 Å². The van der Waals surface area contributed by atoms with Crippen molar-refractivity contribution in [1.82, 2.24) is 0 Å². The van der Waals surface area contributed by atoms with Crippen molar-refractivity contribution in [1.29, 1.82) is 0 Å². The molecule has 0 aliphatic carbocycles. The summed E-state index contributed by atoms with van der Waals surface area (Å²) in [6.45, 7) is 2.61. The van der Waals surface area contributed by atoms with E-state index in [2.05, 4.69) is 17.5 Å². The molecule has 2 aromatic rings. The van der Waals surface area contributed by atoms with Gasteiger partial charge in [0.2, 0.25) is 0 Å². The van der Waals surface area contributed by atoms with Gasteiger partial charge in [-0.25, -0.2) is 0 Å². The summed E-state index contributed by atoms with van der Waals surface area (Å²) in [7, 11) is 0. The van der Waals surface area contributed by atoms with Gasteiger partial charge in [-0.3, -0.25) is 0 Å². The van der Waals surface area contributed by atoms with E-state index in [9.17, 15) is 0 Å². The molecule has 3 heteroatoms. The zero-order valence-electron chi connectivity index (χ0n) is 8.46. The van der Waals surface area contributed by atoms with Crippen LogP contribution in [0, 0.1) is 6.92 Å². The Morgan fingerprint density at radius 1 is 1.27 bits per heavy atom. The van der Waals surface area contributed by atoms with Crippen LogP contribution in [0.25, 0.3) is 11.1 Å². The van der Waals surface area contributed by atoms with Crippen molar-refractivity contribution in [2.24, 2.45) is 5.73 Å². The molecule has 0 aliphatic rings. The van der Waals surface area contributed by atoms with E-state index in [0.29, 0.717) is 6.54 Å². The molecule has 0 unspecified atom stereocenters. The second-order valence-corrected chi connectivity index (χ2v) is 4.87. The molecular weight excluding hydrogens is 226 g/mol. The summed E-state index contributed by atoms with van der Waals surface area (Å²) in [5.41, 5.74) is 9.04. The number of aryl methyl sites for hydroxylation is 1. The fraction of sp³-hybridized carbons (Fsp3) is 0.167. The van der Waals surface area contributed by atoms with Crippen LogP contribution in [0.3, 0.4) is 0 Å². The molecule has 0 bridgehead atoms. The summed E-state index contributed by atoms with van der Waals surface area (Å²) in [5, 5.41) is 2.93. The van der Waals surface area contributed by atoms with E-state index < -0.39 is 0 Å². The number of halogens is 1. The van der Waals surface area contributed by atoms with Crippen molar-refractivity contribution in [2.75, 3.05) is 0 Å². The Morgan fingerprint density at radius 2 is 2.07 bits per heavy atom. The quantitative estimate of drug-likeness (QED) is 0.844. The van der Waals surface area contributed by atoms with Gasteiger partial charge in [0, 0.05) is 16.4 Å². The lowest BCUT2D eigenvalue weighted by Gasteiger charge is -2.01. The lowest BCUT2D eigenvalue weighted by Crippen LogP contribution is -1.91. The molecule has 2 N–H and O–H groups in total. The van der Waals surface area contributed by atoms with Crippen molar-refractivity contribution in [3.05, 3.63) is 45.1 Å². The average molecular weight is 238 g/mol. The second kappa shape index (κ2) is 4.35. The van der Waals surface area contributed by atoms with Crippen LogP contribution in [0.15, 0.2) is 29.6 Å². The molecule has 1 aromatic heterocycles. The van der Waals surface area contributed by atoms with Crippen LogP contribution in [0.4, 0.5) is 0 Å². The zero-order chi connectivity index (χ0) is 10.8. The number of rotatable bonds is 2. The molecule has 0 spiro atoms. The van der Waals surface area contributed by atoms with Gasteiger partial charge in [-0.15, -0.1) is 11.3 Å². The van der Waals surface area contributed by atoms with Gasteiger partial charge in [0.05, 0.1) is 0 Å². The molecule has 1 nitrogen and oxygen atoms in total. The van der Waals surface area contributed by atoms with Gasteiger partial charge in [0.1, 0.15) is 0 Å². The van der Waals surface area contributed by atoms with E-state index >= 15 is 0 Å². The van der Waals surface area contributed by atoms with E-state index in [-0.39, 0.29) is 0 Å². The monoisotopic (exact) mass is 237 g/mol. The van der Waals surface area contributed by atoms with E-state index in [1.54, 1.807) is 11.3 Å². The first-order valence-electron chi connectivity index (χ1n) is 4.74. The number of nitrogens with two attached hydrogens (primary N) is 1. The van der Waals surface area contributed by atoms with Gasteiger partial charge in [-0.2, -0.15) is 0 Å². The minimum Gasteiger partial charge on any atom is -0.326 e. The maximum Gasteiger partial charge on any atom is 0.0441 e. The Bertz CT molecular complexity index is 476. The Morgan fingerprint density at radius 3 is 2.67 bits per heavy atom. The number of thiophene rings is 1. The van der Waals surface area contributed by atoms with Crippen molar-refractivity contribution in [2.45, 2.75) is 13.5 Å². The minimum absolute atomic E-state index is 0.601. The zero-order valence-corrected chi connectivity index (χ0v) is 10.0. The van der Waals surface area contributed by atoms with Crippen LogP contribution in [-0.2, 0) is 6.54 Å². The molecule has 0 fully saturated rings. The normalized spacial score (nSPS) is 10.6. The van der Waals surface area contributed by atoms with Gasteiger partial charge < -0.3 is 5.73 Å². The Kier molecular flexibility index (Phi) is 3.10. The first-order chi connectivity index (χ1) is 7.20. The highest BCUT2D eigenvalue weighted by Gasteiger charge is 2.03. The summed E-state index contributed by atoms with van der Waals surface area (Å²) >= 11 is 7.77. The Hall–Kier alpha value is -0.830. The van der Waals surface area contributed by atoms with Crippen LogP contribution in [0.1, 0.15) is 10.4 Å². The number of benzene rings is 1. The summed E-state index contributed by atoms with van der Waals surface area (Å²) in [6.07, 6.45) is 0. The van der Waals surface area contributed by atoms with Crippen molar-refractivity contribution < 1.29 is 0 Å². The number of hydrogen-bond acceptors (Lipinski definition) is 2. The highest BCUT2D eigenvalue weighted by atomic mass is 35.5. The molecule has 0 saturated carbocycles. The smallest absolute Gasteiger partial charge is 0.0441 e. The van der Waals surface area contributed by atoms with Crippen molar-refractivity contribution >= 4 is 22.9 Å². The average Bonchev–Trinajstić information content (AvgIpc) is 2.70. The first-order valence-corrected chi connectivity index (χ1v) is 6.00. The Labute approximate surface area is 98.5 Å². The predicted octanol–water partition coefficient (Wildman–Crippen LogP) is 3.84. The van der Waals surface area contributed by atoms with Gasteiger partial charge in [0.15, 0.2) is 0 Å². The lowest BCUT2D eigenvalue weighted by atomic mass is 10.1. The van der Waals surface area contributed by atoms with Crippen LogP contribution >= 0.6 is 22.9 Å². The molecule has 2 rings (SSSR count). The fourth-order valence-corrected chi connectivity index (χ4v) is 2.37. The summed E-state index contributed by atoms with van der Waals surface area (Å²) in [4.78, 5) is 1.20. The molecule has 1 aromatic carbocycles. The molecular formula is C12H12ClNS. The largest absolute Gasteiger partial charge is 0.326 e. The maximum atomic E-state index is 6.08. The van der Waals surface area contributed by atoms with E-state index in [4.69, 9.17) is 17.3 Å². The highest BCUT2D eigenvalue weighted by Crippen LogP contribution is 2.28. The first kappa shape index (κ1) is 10.7. The van der Waals surface area contributed by atoms with Gasteiger partial charge in [-0.05, 0) is 41.1 Å². The van der Waals surface area contributed by atoms with Gasteiger partial charge in [-0.1, -0.05) is 23.7 Å². The van der Waals surface area contributed by atoms with E-state index in [1.807, 2.05) is 19.1 Å². The number of hydrogen-bond donors (Lipinski definition) is 1. The van der Waals surface area contributed by atoms with Gasteiger partial charge in [0.25, 0.3) is 0 Å². The summed E-state index contributed by atoms with van der Waals surface area (Å²) in [5.74, 6) is 0. The third-order valence-electron chi connectivity index (χ3n) is 2.36. The third kappa shape index (κ3) is 2.23. The molecule has 1 heterocycles. The maximum absolute atomic E-state index is 6.08. The van der Waals surface area contributed by atoms with E-state index in [1.165, 1.54) is 10.4 Å². The molecule has 0 aliphatic heterocycles. The summed E-state index contributed by atoms with van der Waals surface area (Å²) < 4.78 is 0. The Balaban J connectivity index is 2.40. The molecule has 0 radical (unpaired) electrons. The highest BCUT2D eigenvalue weighted by molar-refractivity contribution is 7.10. The lowest BCUT2D eigenvalue weighted by molar-refractivity contribution is 1.11. The fourth-order valence-electron chi connectivity index (χ4n) is 1.41. The predicted molar refractivity (Wildman–Crippen MR) is 67.4 cm³/mol. The molecule has 78 valence electrons. The van der Waals surface area contributed by atoms with Crippen molar-refractivity contribution in [3.63, 3.8) is 0 Å². The van der Waals surface area contributed by atoms with Crippen LogP contribution in [-0.4, -0.2) is 0 Å². The third-order valence-corrected chi connectivity index (χ3v) is 3.73. The van der Waals surface area contributed by atoms with Crippen LogP contribution in [0.5, 0.6) is 0 Å². The standard InChI is InChI=1S/C12H12ClNS/c1-8-2-3-9(5-12(8)13)10-4-11(6-14)15-7-10/h2-5,7H,6,14H2,1H3. The molecule has 0 amide bonds. The van der Waals surface area contributed by atoms with Crippen LogP contribution in [0.2, 0.25) is 5.02 Å².